The Bertz CT molecular complexity index is 321. The lowest BCUT2D eigenvalue weighted by molar-refractivity contribution is -0.125. The van der Waals surface area contributed by atoms with Crippen LogP contribution in [0.3, 0.4) is 0 Å². The summed E-state index contributed by atoms with van der Waals surface area (Å²) in [5, 5.41) is 3.01. The molecule has 7 heteroatoms. The van der Waals surface area contributed by atoms with Crippen molar-refractivity contribution in [3.05, 3.63) is 0 Å². The minimum atomic E-state index is -3.40. The van der Waals surface area contributed by atoms with Crippen molar-refractivity contribution in [2.24, 2.45) is 0 Å². The van der Waals surface area contributed by atoms with Crippen molar-refractivity contribution in [1.29, 1.82) is 0 Å². The molecule has 0 saturated carbocycles. The predicted octanol–water partition coefficient (Wildman–Crippen LogP) is -0.886. The van der Waals surface area contributed by atoms with Gasteiger partial charge in [-0.15, -0.1) is 0 Å². The summed E-state index contributed by atoms with van der Waals surface area (Å²) in [6, 6.07) is -0.273. The first-order valence-corrected chi connectivity index (χ1v) is 7.27. The second-order valence-electron chi connectivity index (χ2n) is 4.05. The predicted molar refractivity (Wildman–Crippen MR) is 66.7 cm³/mol. The number of nitrogens with zero attached hydrogens (tertiary/aromatic N) is 1. The van der Waals surface area contributed by atoms with Crippen LogP contribution in [0.25, 0.3) is 0 Å². The zero-order valence-corrected chi connectivity index (χ0v) is 11.7. The fourth-order valence-electron chi connectivity index (χ4n) is 1.34. The van der Waals surface area contributed by atoms with E-state index in [4.69, 9.17) is 4.74 Å². The summed E-state index contributed by atoms with van der Waals surface area (Å²) >= 11 is 0. The largest absolute Gasteiger partial charge is 0.383 e. The highest BCUT2D eigenvalue weighted by atomic mass is 32.2. The number of methoxy groups -OCH3 is 1. The molecule has 0 aromatic heterocycles. The molecule has 1 amide bonds. The molecule has 0 aliphatic heterocycles. The minimum absolute atomic E-state index is 0.0890. The van der Waals surface area contributed by atoms with Crippen molar-refractivity contribution in [3.63, 3.8) is 0 Å². The number of hydrogen-bond donors (Lipinski definition) is 1. The maximum atomic E-state index is 11.8. The Morgan fingerprint density at radius 2 is 2.00 bits per heavy atom. The van der Waals surface area contributed by atoms with Gasteiger partial charge in [-0.2, -0.15) is 0 Å². The number of nitrogens with one attached hydrogen (secondary N) is 1. The zero-order valence-electron chi connectivity index (χ0n) is 10.9. The molecule has 1 unspecified atom stereocenters. The third-order valence-electron chi connectivity index (χ3n) is 2.16. The molecule has 0 fully saturated rings. The van der Waals surface area contributed by atoms with Crippen LogP contribution in [-0.4, -0.2) is 71.1 Å². The average molecular weight is 266 g/mol. The molecule has 1 atom stereocenters. The molecular weight excluding hydrogens is 244 g/mol. The Labute approximate surface area is 103 Å². The molecule has 0 aliphatic carbocycles. The summed E-state index contributed by atoms with van der Waals surface area (Å²) < 4.78 is 28.5. The Morgan fingerprint density at radius 3 is 2.41 bits per heavy atom. The van der Waals surface area contributed by atoms with E-state index < -0.39 is 21.5 Å². The monoisotopic (exact) mass is 266 g/mol. The molecule has 0 spiro atoms. The Kier molecular flexibility index (Phi) is 7.33. The quantitative estimate of drug-likeness (QED) is 0.617. The van der Waals surface area contributed by atoms with Crippen molar-refractivity contribution < 1.29 is 17.9 Å². The van der Waals surface area contributed by atoms with E-state index in [-0.39, 0.29) is 11.8 Å². The molecule has 6 nitrogen and oxygen atoms in total. The fraction of sp³-hybridized carbons (Fsp3) is 0.900. The van der Waals surface area contributed by atoms with Crippen LogP contribution in [0, 0.1) is 0 Å². The zero-order chi connectivity index (χ0) is 13.5. The van der Waals surface area contributed by atoms with Gasteiger partial charge in [-0.05, 0) is 6.54 Å². The van der Waals surface area contributed by atoms with Crippen LogP contribution in [0.5, 0.6) is 0 Å². The highest BCUT2D eigenvalue weighted by molar-refractivity contribution is 7.92. The van der Waals surface area contributed by atoms with E-state index in [2.05, 4.69) is 5.32 Å². The number of carbonyl (C=O) groups is 1. The summed E-state index contributed by atoms with van der Waals surface area (Å²) in [6.07, 6.45) is 0. The van der Waals surface area contributed by atoms with Crippen molar-refractivity contribution in [1.82, 2.24) is 10.2 Å². The molecule has 17 heavy (non-hydrogen) atoms. The highest BCUT2D eigenvalue weighted by Gasteiger charge is 2.22. The first-order valence-electron chi connectivity index (χ1n) is 5.45. The number of sulfone groups is 1. The lowest BCUT2D eigenvalue weighted by Gasteiger charge is -2.17. The van der Waals surface area contributed by atoms with Crippen molar-refractivity contribution in [3.8, 4) is 0 Å². The van der Waals surface area contributed by atoms with Gasteiger partial charge in [-0.3, -0.25) is 4.79 Å². The highest BCUT2D eigenvalue weighted by Crippen LogP contribution is 1.98. The smallest absolute Gasteiger partial charge is 0.237 e. The van der Waals surface area contributed by atoms with Crippen molar-refractivity contribution in [2.45, 2.75) is 13.0 Å². The van der Waals surface area contributed by atoms with Crippen LogP contribution in [0.15, 0.2) is 0 Å². The summed E-state index contributed by atoms with van der Waals surface area (Å²) in [5.41, 5.74) is 0. The Hall–Kier alpha value is -0.660. The number of hydrogen-bond acceptors (Lipinski definition) is 5. The second kappa shape index (κ2) is 7.62. The molecular formula is C10H22N2O4S. The third kappa shape index (κ3) is 7.30. The Morgan fingerprint density at radius 1 is 1.41 bits per heavy atom. The molecule has 1 N–H and O–H groups in total. The summed E-state index contributed by atoms with van der Waals surface area (Å²) in [5.74, 6) is -0.947. The van der Waals surface area contributed by atoms with Gasteiger partial charge in [0, 0.05) is 27.2 Å². The minimum Gasteiger partial charge on any atom is -0.383 e. The van der Waals surface area contributed by atoms with Gasteiger partial charge in [0.1, 0.15) is 5.75 Å². The molecule has 0 aliphatic rings. The number of rotatable bonds is 8. The van der Waals surface area contributed by atoms with Crippen LogP contribution < -0.4 is 5.32 Å². The lowest BCUT2D eigenvalue weighted by Crippen LogP contribution is -2.41. The van der Waals surface area contributed by atoms with Crippen molar-refractivity contribution in [2.75, 3.05) is 45.9 Å². The number of likely N-dealkylation sites (N-methyl/N-ethyl adjacent to an activating group) is 1. The molecule has 0 radical (unpaired) electrons. The first kappa shape index (κ1) is 16.3. The van der Waals surface area contributed by atoms with E-state index in [9.17, 15) is 13.2 Å². The van der Waals surface area contributed by atoms with Crippen LogP contribution in [0.1, 0.15) is 6.92 Å². The first-order chi connectivity index (χ1) is 7.82. The van der Waals surface area contributed by atoms with Crippen LogP contribution >= 0.6 is 0 Å². The number of carbonyl (C=O) groups excluding carboxylic acids is 1. The molecule has 0 aromatic rings. The van der Waals surface area contributed by atoms with Gasteiger partial charge in [0.25, 0.3) is 0 Å². The summed E-state index contributed by atoms with van der Waals surface area (Å²) in [4.78, 5) is 12.6. The average Bonchev–Trinajstić information content (AvgIpc) is 2.16. The van der Waals surface area contributed by atoms with Gasteiger partial charge in [0.15, 0.2) is 9.84 Å². The number of amides is 1. The maximum Gasteiger partial charge on any atom is 0.237 e. The maximum absolute atomic E-state index is 11.8. The van der Waals surface area contributed by atoms with Crippen LogP contribution in [0.2, 0.25) is 0 Å². The molecule has 0 aromatic carbocycles. The normalized spacial score (nSPS) is 13.4. The summed E-state index contributed by atoms with van der Waals surface area (Å²) in [6.45, 7) is 2.86. The molecule has 0 saturated heterocycles. The standard InChI is InChI=1S/C10H22N2O4S/c1-5-11-9(6-16-4)7-17(14,15)8-10(13)12(2)3/h9,11H,5-8H2,1-4H3. The van der Waals surface area contributed by atoms with E-state index in [1.165, 1.54) is 26.1 Å². The van der Waals surface area contributed by atoms with E-state index in [1.54, 1.807) is 0 Å². The lowest BCUT2D eigenvalue weighted by atomic mass is 10.3. The van der Waals surface area contributed by atoms with E-state index in [1.807, 2.05) is 6.92 Å². The van der Waals surface area contributed by atoms with Crippen LogP contribution in [0.4, 0.5) is 0 Å². The molecule has 0 rings (SSSR count). The third-order valence-corrected chi connectivity index (χ3v) is 3.75. The van der Waals surface area contributed by atoms with Gasteiger partial charge in [0.2, 0.25) is 5.91 Å². The van der Waals surface area contributed by atoms with Gasteiger partial charge in [0.05, 0.1) is 12.4 Å². The Balaban J connectivity index is 4.44. The number of ether oxygens (including phenoxy) is 1. The molecule has 0 heterocycles. The topological polar surface area (TPSA) is 75.7 Å². The van der Waals surface area contributed by atoms with Gasteiger partial charge >= 0.3 is 0 Å². The van der Waals surface area contributed by atoms with Gasteiger partial charge in [-0.1, -0.05) is 6.92 Å². The molecule has 102 valence electrons. The fourth-order valence-corrected chi connectivity index (χ4v) is 2.92. The van der Waals surface area contributed by atoms with E-state index in [0.29, 0.717) is 13.2 Å². The second-order valence-corrected chi connectivity index (χ2v) is 6.16. The summed E-state index contributed by atoms with van der Waals surface area (Å²) in [7, 11) is 1.19. The van der Waals surface area contributed by atoms with Crippen LogP contribution in [-0.2, 0) is 19.4 Å². The van der Waals surface area contributed by atoms with E-state index in [0.717, 1.165) is 0 Å². The van der Waals surface area contributed by atoms with Crippen molar-refractivity contribution >= 4 is 15.7 Å². The molecule has 0 bridgehead atoms. The SMILES string of the molecule is CCNC(COC)CS(=O)(=O)CC(=O)N(C)C. The van der Waals surface area contributed by atoms with E-state index >= 15 is 0 Å². The van der Waals surface area contributed by atoms with Gasteiger partial charge < -0.3 is 15.0 Å². The van der Waals surface area contributed by atoms with Gasteiger partial charge in [-0.25, -0.2) is 8.42 Å².